The van der Waals surface area contributed by atoms with E-state index in [4.69, 9.17) is 9.47 Å². The van der Waals surface area contributed by atoms with Crippen LogP contribution in [0.4, 0.5) is 0 Å². The summed E-state index contributed by atoms with van der Waals surface area (Å²) >= 11 is 0. The molecule has 3 heteroatoms. The van der Waals surface area contributed by atoms with Crippen LogP contribution < -0.4 is 0 Å². The second kappa shape index (κ2) is 7.43. The van der Waals surface area contributed by atoms with E-state index in [1.165, 1.54) is 5.56 Å². The molecule has 0 N–H and O–H groups in total. The molecule has 0 bridgehead atoms. The van der Waals surface area contributed by atoms with Crippen molar-refractivity contribution < 1.29 is 9.47 Å². The Morgan fingerprint density at radius 1 is 1.21 bits per heavy atom. The van der Waals surface area contributed by atoms with E-state index < -0.39 is 0 Å². The SMILES string of the molecule is CCN(CC)CC1COC(/C=C/c2ccccc2)O1. The Morgan fingerprint density at radius 3 is 2.63 bits per heavy atom. The molecule has 2 atom stereocenters. The van der Waals surface area contributed by atoms with Gasteiger partial charge in [-0.25, -0.2) is 0 Å². The van der Waals surface area contributed by atoms with Gasteiger partial charge in [0, 0.05) is 6.54 Å². The fourth-order valence-corrected chi connectivity index (χ4v) is 2.19. The van der Waals surface area contributed by atoms with Gasteiger partial charge in [0.25, 0.3) is 0 Å². The standard InChI is InChI=1S/C16H23NO2/c1-3-17(4-2)12-15-13-18-16(19-15)11-10-14-8-6-5-7-9-14/h5-11,15-16H,3-4,12-13H2,1-2H3/b11-10+. The van der Waals surface area contributed by atoms with Crippen LogP contribution in [0.5, 0.6) is 0 Å². The maximum absolute atomic E-state index is 5.87. The van der Waals surface area contributed by atoms with Crippen molar-refractivity contribution in [1.82, 2.24) is 4.90 Å². The first-order valence-corrected chi connectivity index (χ1v) is 7.04. The summed E-state index contributed by atoms with van der Waals surface area (Å²) < 4.78 is 11.5. The van der Waals surface area contributed by atoms with Crippen LogP contribution in [0.25, 0.3) is 6.08 Å². The summed E-state index contributed by atoms with van der Waals surface area (Å²) in [6, 6.07) is 10.2. The number of hydrogen-bond donors (Lipinski definition) is 0. The third-order valence-corrected chi connectivity index (χ3v) is 3.37. The van der Waals surface area contributed by atoms with Crippen molar-refractivity contribution in [2.75, 3.05) is 26.2 Å². The Morgan fingerprint density at radius 2 is 1.95 bits per heavy atom. The van der Waals surface area contributed by atoms with E-state index in [1.54, 1.807) is 0 Å². The van der Waals surface area contributed by atoms with Crippen molar-refractivity contribution in [1.29, 1.82) is 0 Å². The minimum atomic E-state index is -0.208. The molecule has 0 radical (unpaired) electrons. The highest BCUT2D eigenvalue weighted by Crippen LogP contribution is 2.15. The van der Waals surface area contributed by atoms with Gasteiger partial charge in [0.1, 0.15) is 0 Å². The summed E-state index contributed by atoms with van der Waals surface area (Å²) in [5.41, 5.74) is 1.17. The van der Waals surface area contributed by atoms with Gasteiger partial charge < -0.3 is 14.4 Å². The minimum Gasteiger partial charge on any atom is -0.346 e. The van der Waals surface area contributed by atoms with E-state index in [2.05, 4.69) is 30.9 Å². The quantitative estimate of drug-likeness (QED) is 0.786. The van der Waals surface area contributed by atoms with E-state index in [9.17, 15) is 0 Å². The Bertz CT molecular complexity index is 387. The summed E-state index contributed by atoms with van der Waals surface area (Å²) in [6.07, 6.45) is 4.01. The van der Waals surface area contributed by atoms with Crippen molar-refractivity contribution in [2.24, 2.45) is 0 Å². The molecule has 19 heavy (non-hydrogen) atoms. The lowest BCUT2D eigenvalue weighted by atomic mass is 10.2. The Balaban J connectivity index is 1.80. The number of likely N-dealkylation sites (N-methyl/N-ethyl adjacent to an activating group) is 1. The zero-order valence-electron chi connectivity index (χ0n) is 11.8. The van der Waals surface area contributed by atoms with Crippen LogP contribution in [-0.2, 0) is 9.47 Å². The van der Waals surface area contributed by atoms with E-state index in [0.717, 1.165) is 19.6 Å². The second-order valence-electron chi connectivity index (χ2n) is 4.72. The first-order valence-electron chi connectivity index (χ1n) is 7.04. The van der Waals surface area contributed by atoms with Crippen LogP contribution in [0.3, 0.4) is 0 Å². The molecule has 104 valence electrons. The average Bonchev–Trinajstić information content (AvgIpc) is 2.91. The molecule has 1 aromatic carbocycles. The van der Waals surface area contributed by atoms with Crippen LogP contribution in [0.15, 0.2) is 36.4 Å². The molecule has 1 aromatic rings. The van der Waals surface area contributed by atoms with Crippen LogP contribution >= 0.6 is 0 Å². The number of ether oxygens (including phenoxy) is 2. The number of hydrogen-bond acceptors (Lipinski definition) is 3. The van der Waals surface area contributed by atoms with Crippen molar-refractivity contribution in [2.45, 2.75) is 26.2 Å². The molecule has 1 aliphatic heterocycles. The summed E-state index contributed by atoms with van der Waals surface area (Å²) in [5.74, 6) is 0. The van der Waals surface area contributed by atoms with E-state index in [0.29, 0.717) is 6.61 Å². The zero-order chi connectivity index (χ0) is 13.5. The van der Waals surface area contributed by atoms with Crippen molar-refractivity contribution in [3.63, 3.8) is 0 Å². The normalized spacial score (nSPS) is 23.5. The predicted octanol–water partition coefficient (Wildman–Crippen LogP) is 2.78. The van der Waals surface area contributed by atoms with Gasteiger partial charge in [-0.05, 0) is 24.7 Å². The fourth-order valence-electron chi connectivity index (χ4n) is 2.19. The molecule has 1 aliphatic rings. The van der Waals surface area contributed by atoms with Gasteiger partial charge in [-0.2, -0.15) is 0 Å². The fraction of sp³-hybridized carbons (Fsp3) is 0.500. The highest BCUT2D eigenvalue weighted by Gasteiger charge is 2.25. The molecule has 0 spiro atoms. The largest absolute Gasteiger partial charge is 0.346 e. The van der Waals surface area contributed by atoms with Gasteiger partial charge in [-0.1, -0.05) is 50.3 Å². The molecular weight excluding hydrogens is 238 g/mol. The maximum Gasteiger partial charge on any atom is 0.177 e. The highest BCUT2D eigenvalue weighted by molar-refractivity contribution is 5.49. The topological polar surface area (TPSA) is 21.7 Å². The van der Waals surface area contributed by atoms with E-state index in [-0.39, 0.29) is 12.4 Å². The Labute approximate surface area is 115 Å². The summed E-state index contributed by atoms with van der Waals surface area (Å²) in [4.78, 5) is 2.36. The average molecular weight is 261 g/mol. The van der Waals surface area contributed by atoms with Gasteiger partial charge in [0.05, 0.1) is 12.7 Å². The van der Waals surface area contributed by atoms with Gasteiger partial charge in [-0.15, -0.1) is 0 Å². The molecular formula is C16H23NO2. The lowest BCUT2D eigenvalue weighted by molar-refractivity contribution is -0.0245. The second-order valence-corrected chi connectivity index (χ2v) is 4.72. The zero-order valence-corrected chi connectivity index (χ0v) is 11.8. The Hall–Kier alpha value is -1.16. The molecule has 0 amide bonds. The molecule has 2 rings (SSSR count). The maximum atomic E-state index is 5.87. The van der Waals surface area contributed by atoms with E-state index in [1.807, 2.05) is 30.4 Å². The lowest BCUT2D eigenvalue weighted by Gasteiger charge is -2.20. The lowest BCUT2D eigenvalue weighted by Crippen LogP contribution is -2.33. The first kappa shape index (κ1) is 14.3. The smallest absolute Gasteiger partial charge is 0.177 e. The molecule has 1 fully saturated rings. The minimum absolute atomic E-state index is 0.185. The third kappa shape index (κ3) is 4.46. The van der Waals surface area contributed by atoms with Crippen LogP contribution in [0.2, 0.25) is 0 Å². The van der Waals surface area contributed by atoms with Gasteiger partial charge in [0.2, 0.25) is 0 Å². The van der Waals surface area contributed by atoms with Crippen molar-refractivity contribution >= 4 is 6.08 Å². The third-order valence-electron chi connectivity index (χ3n) is 3.37. The summed E-state index contributed by atoms with van der Waals surface area (Å²) in [5, 5.41) is 0. The van der Waals surface area contributed by atoms with Crippen molar-refractivity contribution in [3.8, 4) is 0 Å². The van der Waals surface area contributed by atoms with Gasteiger partial charge in [0.15, 0.2) is 6.29 Å². The predicted molar refractivity (Wildman–Crippen MR) is 77.9 cm³/mol. The molecule has 0 aromatic heterocycles. The van der Waals surface area contributed by atoms with E-state index >= 15 is 0 Å². The van der Waals surface area contributed by atoms with Crippen LogP contribution in [0.1, 0.15) is 19.4 Å². The number of nitrogens with zero attached hydrogens (tertiary/aromatic N) is 1. The first-order chi connectivity index (χ1) is 9.31. The molecule has 0 aliphatic carbocycles. The van der Waals surface area contributed by atoms with Crippen molar-refractivity contribution in [3.05, 3.63) is 42.0 Å². The van der Waals surface area contributed by atoms with Gasteiger partial charge in [-0.3, -0.25) is 0 Å². The summed E-state index contributed by atoms with van der Waals surface area (Å²) in [6.45, 7) is 8.09. The van der Waals surface area contributed by atoms with Crippen LogP contribution in [-0.4, -0.2) is 43.5 Å². The molecule has 1 saturated heterocycles. The van der Waals surface area contributed by atoms with Crippen LogP contribution in [0, 0.1) is 0 Å². The number of benzene rings is 1. The molecule has 2 unspecified atom stereocenters. The summed E-state index contributed by atoms with van der Waals surface area (Å²) in [7, 11) is 0. The Kier molecular flexibility index (Phi) is 5.58. The monoisotopic (exact) mass is 261 g/mol. The molecule has 1 heterocycles. The molecule has 0 saturated carbocycles. The molecule has 3 nitrogen and oxygen atoms in total. The number of rotatable bonds is 6. The van der Waals surface area contributed by atoms with Gasteiger partial charge >= 0.3 is 0 Å². The highest BCUT2D eigenvalue weighted by atomic mass is 16.7.